The van der Waals surface area contributed by atoms with E-state index in [0.717, 1.165) is 12.1 Å². The van der Waals surface area contributed by atoms with Gasteiger partial charge >= 0.3 is 11.6 Å². The van der Waals surface area contributed by atoms with Crippen LogP contribution in [0.15, 0.2) is 18.2 Å². The van der Waals surface area contributed by atoms with Crippen molar-refractivity contribution in [2.45, 2.75) is 13.3 Å². The average Bonchev–Trinajstić information content (AvgIpc) is 2.43. The number of carbonyl (C=O) groups is 2. The van der Waals surface area contributed by atoms with Gasteiger partial charge in [-0.05, 0) is 6.07 Å². The van der Waals surface area contributed by atoms with Crippen molar-refractivity contribution >= 4 is 28.8 Å². The standard InChI is InChI=1S/C10H10N4O6/c1-2-9(15)10(16)12(11)7-4-3-6(13(17)18)5-8(7)14(19)20/h3-5H,2,11H2,1H3. The third-order valence-electron chi connectivity index (χ3n) is 2.40. The lowest BCUT2D eigenvalue weighted by atomic mass is 10.2. The molecule has 2 N–H and O–H groups in total. The van der Waals surface area contributed by atoms with Crippen LogP contribution < -0.4 is 10.9 Å². The van der Waals surface area contributed by atoms with E-state index in [9.17, 15) is 29.8 Å². The Morgan fingerprint density at radius 2 is 1.85 bits per heavy atom. The van der Waals surface area contributed by atoms with Crippen LogP contribution in [0.25, 0.3) is 0 Å². The van der Waals surface area contributed by atoms with Crippen molar-refractivity contribution in [1.29, 1.82) is 0 Å². The SMILES string of the molecule is CCC(=O)C(=O)N(N)c1ccc([N+](=O)[O-])cc1[N+](=O)[O-]. The highest BCUT2D eigenvalue weighted by Crippen LogP contribution is 2.30. The molecule has 0 aliphatic rings. The predicted octanol–water partition coefficient (Wildman–Crippen LogP) is 0.689. The van der Waals surface area contributed by atoms with Gasteiger partial charge in [0.15, 0.2) is 0 Å². The van der Waals surface area contributed by atoms with Crippen molar-refractivity contribution in [3.05, 3.63) is 38.4 Å². The smallest absolute Gasteiger partial charge is 0.289 e. The lowest BCUT2D eigenvalue weighted by Gasteiger charge is -2.15. The molecule has 0 unspecified atom stereocenters. The molecule has 1 aromatic carbocycles. The number of ketones is 1. The number of hydrogen-bond donors (Lipinski definition) is 1. The van der Waals surface area contributed by atoms with Crippen molar-refractivity contribution < 1.29 is 19.4 Å². The zero-order valence-corrected chi connectivity index (χ0v) is 10.3. The highest BCUT2D eigenvalue weighted by molar-refractivity contribution is 6.41. The molecule has 0 saturated heterocycles. The summed E-state index contributed by atoms with van der Waals surface area (Å²) in [6, 6.07) is 2.56. The van der Waals surface area contributed by atoms with Crippen LogP contribution in [0.1, 0.15) is 13.3 Å². The van der Waals surface area contributed by atoms with Crippen LogP contribution in [0.5, 0.6) is 0 Å². The number of nitro benzene ring substituents is 2. The number of nitro groups is 2. The number of nitrogens with two attached hydrogens (primary N) is 1. The summed E-state index contributed by atoms with van der Waals surface area (Å²) in [5.74, 6) is 3.40. The van der Waals surface area contributed by atoms with E-state index in [-0.39, 0.29) is 6.42 Å². The molecule has 0 aromatic heterocycles. The first-order chi connectivity index (χ1) is 9.29. The third kappa shape index (κ3) is 2.92. The molecule has 1 rings (SSSR count). The van der Waals surface area contributed by atoms with E-state index in [1.165, 1.54) is 6.92 Å². The number of anilines is 1. The molecular weight excluding hydrogens is 272 g/mol. The number of benzene rings is 1. The number of hydrogen-bond acceptors (Lipinski definition) is 7. The Hall–Kier alpha value is -2.88. The molecule has 0 atom stereocenters. The molecule has 0 aliphatic heterocycles. The molecule has 106 valence electrons. The van der Waals surface area contributed by atoms with E-state index in [1.54, 1.807) is 0 Å². The Morgan fingerprint density at radius 1 is 1.25 bits per heavy atom. The summed E-state index contributed by atoms with van der Waals surface area (Å²) in [5, 5.41) is 21.7. The second-order valence-corrected chi connectivity index (χ2v) is 3.64. The molecule has 0 radical (unpaired) electrons. The highest BCUT2D eigenvalue weighted by atomic mass is 16.6. The largest absolute Gasteiger partial charge is 0.308 e. The van der Waals surface area contributed by atoms with E-state index in [0.29, 0.717) is 11.1 Å². The summed E-state index contributed by atoms with van der Waals surface area (Å²) in [6.45, 7) is 1.43. The lowest BCUT2D eigenvalue weighted by Crippen LogP contribution is -2.42. The molecule has 0 bridgehead atoms. The minimum Gasteiger partial charge on any atom is -0.289 e. The Morgan fingerprint density at radius 3 is 2.30 bits per heavy atom. The normalized spacial score (nSPS) is 9.90. The fourth-order valence-corrected chi connectivity index (χ4v) is 1.37. The fraction of sp³-hybridized carbons (Fsp3) is 0.200. The van der Waals surface area contributed by atoms with Gasteiger partial charge in [0.1, 0.15) is 5.69 Å². The number of nitrogens with zero attached hydrogens (tertiary/aromatic N) is 3. The van der Waals surface area contributed by atoms with Gasteiger partial charge in [0.2, 0.25) is 5.78 Å². The topological polar surface area (TPSA) is 150 Å². The van der Waals surface area contributed by atoms with E-state index in [2.05, 4.69) is 0 Å². The number of hydrazine groups is 1. The Kier molecular flexibility index (Phi) is 4.43. The molecule has 0 spiro atoms. The number of rotatable bonds is 5. The van der Waals surface area contributed by atoms with Crippen LogP contribution in [0, 0.1) is 20.2 Å². The summed E-state index contributed by atoms with van der Waals surface area (Å²) in [6.07, 6.45) is -0.118. The van der Waals surface area contributed by atoms with Crippen molar-refractivity contribution in [3.8, 4) is 0 Å². The molecular formula is C10H10N4O6. The van der Waals surface area contributed by atoms with Gasteiger partial charge in [0, 0.05) is 12.5 Å². The molecule has 0 saturated carbocycles. The molecule has 0 heterocycles. The molecule has 20 heavy (non-hydrogen) atoms. The predicted molar refractivity (Wildman–Crippen MR) is 66.7 cm³/mol. The van der Waals surface area contributed by atoms with Gasteiger partial charge in [-0.3, -0.25) is 29.8 Å². The molecule has 1 amide bonds. The minimum absolute atomic E-state index is 0.118. The maximum Gasteiger partial charge on any atom is 0.308 e. The minimum atomic E-state index is -1.13. The third-order valence-corrected chi connectivity index (χ3v) is 2.40. The highest BCUT2D eigenvalue weighted by Gasteiger charge is 2.27. The van der Waals surface area contributed by atoms with Gasteiger partial charge in [-0.15, -0.1) is 0 Å². The molecule has 0 aliphatic carbocycles. The average molecular weight is 282 g/mol. The summed E-state index contributed by atoms with van der Waals surface area (Å²) in [7, 11) is 0. The van der Waals surface area contributed by atoms with Crippen LogP contribution in [0.4, 0.5) is 17.1 Å². The van der Waals surface area contributed by atoms with Crippen LogP contribution in [-0.4, -0.2) is 21.5 Å². The van der Waals surface area contributed by atoms with Gasteiger partial charge < -0.3 is 0 Å². The first-order valence-electron chi connectivity index (χ1n) is 5.34. The second-order valence-electron chi connectivity index (χ2n) is 3.64. The first kappa shape index (κ1) is 15.2. The van der Waals surface area contributed by atoms with Crippen molar-refractivity contribution in [1.82, 2.24) is 0 Å². The van der Waals surface area contributed by atoms with Gasteiger partial charge in [-0.25, -0.2) is 10.9 Å². The summed E-state index contributed by atoms with van der Waals surface area (Å²) in [5.41, 5.74) is -1.66. The summed E-state index contributed by atoms with van der Waals surface area (Å²) >= 11 is 0. The second kappa shape index (κ2) is 5.84. The molecule has 1 aromatic rings. The van der Waals surface area contributed by atoms with Crippen LogP contribution in [-0.2, 0) is 9.59 Å². The van der Waals surface area contributed by atoms with Gasteiger partial charge in [0.25, 0.3) is 5.69 Å². The maximum atomic E-state index is 11.6. The summed E-state index contributed by atoms with van der Waals surface area (Å²) in [4.78, 5) is 42.5. The molecule has 0 fully saturated rings. The van der Waals surface area contributed by atoms with E-state index < -0.39 is 38.6 Å². The van der Waals surface area contributed by atoms with E-state index >= 15 is 0 Å². The van der Waals surface area contributed by atoms with E-state index in [4.69, 9.17) is 5.84 Å². The Bertz CT molecular complexity index is 599. The zero-order valence-electron chi connectivity index (χ0n) is 10.3. The summed E-state index contributed by atoms with van der Waals surface area (Å²) < 4.78 is 0. The van der Waals surface area contributed by atoms with E-state index in [1.807, 2.05) is 0 Å². The van der Waals surface area contributed by atoms with Crippen LogP contribution >= 0.6 is 0 Å². The quantitative estimate of drug-likeness (QED) is 0.274. The van der Waals surface area contributed by atoms with Crippen LogP contribution in [0.2, 0.25) is 0 Å². The Labute approximate surface area is 112 Å². The van der Waals surface area contributed by atoms with Gasteiger partial charge in [0.05, 0.1) is 15.9 Å². The number of Topliss-reactive ketones (excluding diaryl/α,β-unsaturated/α-hetero) is 1. The lowest BCUT2D eigenvalue weighted by molar-refractivity contribution is -0.393. The van der Waals surface area contributed by atoms with Gasteiger partial charge in [-0.1, -0.05) is 6.92 Å². The molecule has 10 nitrogen and oxygen atoms in total. The fourth-order valence-electron chi connectivity index (χ4n) is 1.37. The number of carbonyl (C=O) groups excluding carboxylic acids is 2. The van der Waals surface area contributed by atoms with Crippen molar-refractivity contribution in [2.75, 3.05) is 5.01 Å². The monoisotopic (exact) mass is 282 g/mol. The zero-order chi connectivity index (χ0) is 15.4. The maximum absolute atomic E-state index is 11.6. The van der Waals surface area contributed by atoms with Gasteiger partial charge in [-0.2, -0.15) is 0 Å². The number of amides is 1. The number of non-ortho nitro benzene ring substituents is 1. The molecule has 10 heteroatoms. The van der Waals surface area contributed by atoms with Crippen LogP contribution in [0.3, 0.4) is 0 Å². The van der Waals surface area contributed by atoms with Crippen molar-refractivity contribution in [3.63, 3.8) is 0 Å². The van der Waals surface area contributed by atoms with Crippen molar-refractivity contribution in [2.24, 2.45) is 5.84 Å². The Balaban J connectivity index is 3.30. The first-order valence-corrected chi connectivity index (χ1v) is 5.34.